The van der Waals surface area contributed by atoms with Crippen LogP contribution in [0, 0.1) is 5.92 Å². The number of hydrogen-bond acceptors (Lipinski definition) is 4. The fourth-order valence-corrected chi connectivity index (χ4v) is 3.06. The van der Waals surface area contributed by atoms with Gasteiger partial charge in [-0.1, -0.05) is 0 Å². The van der Waals surface area contributed by atoms with Gasteiger partial charge in [-0.15, -0.1) is 0 Å². The van der Waals surface area contributed by atoms with Crippen molar-refractivity contribution >= 4 is 6.03 Å². The Hall–Kier alpha value is -1.95. The Morgan fingerprint density at radius 2 is 2.12 bits per heavy atom. The van der Waals surface area contributed by atoms with Crippen LogP contribution < -0.4 is 14.8 Å². The van der Waals surface area contributed by atoms with Crippen molar-refractivity contribution in [3.63, 3.8) is 0 Å². The normalized spacial score (nSPS) is 19.8. The van der Waals surface area contributed by atoms with Gasteiger partial charge in [0.15, 0.2) is 0 Å². The number of rotatable bonds is 7. The van der Waals surface area contributed by atoms with Crippen molar-refractivity contribution in [2.45, 2.75) is 31.8 Å². The number of carbonyl (C=O) groups excluding carboxylic acids is 1. The first-order valence-corrected chi connectivity index (χ1v) is 8.54. The largest absolute Gasteiger partial charge is 0.497 e. The van der Waals surface area contributed by atoms with Crippen molar-refractivity contribution < 1.29 is 19.0 Å². The maximum absolute atomic E-state index is 12.6. The van der Waals surface area contributed by atoms with Gasteiger partial charge in [0, 0.05) is 43.3 Å². The third-order valence-corrected chi connectivity index (χ3v) is 4.65. The summed E-state index contributed by atoms with van der Waals surface area (Å²) in [5.74, 6) is 1.92. The summed E-state index contributed by atoms with van der Waals surface area (Å²) in [5.41, 5.74) is 0.937. The third-order valence-electron chi connectivity index (χ3n) is 4.65. The fourth-order valence-electron chi connectivity index (χ4n) is 3.06. The van der Waals surface area contributed by atoms with Crippen LogP contribution in [-0.2, 0) is 11.3 Å². The average molecular weight is 334 g/mol. The zero-order valence-corrected chi connectivity index (χ0v) is 14.4. The number of carbonyl (C=O) groups is 1. The van der Waals surface area contributed by atoms with Crippen molar-refractivity contribution in [3.8, 4) is 11.5 Å². The molecule has 1 aliphatic carbocycles. The molecule has 1 unspecified atom stereocenters. The average Bonchev–Trinajstić information content (AvgIpc) is 3.33. The van der Waals surface area contributed by atoms with Gasteiger partial charge in [0.2, 0.25) is 0 Å². The van der Waals surface area contributed by atoms with Gasteiger partial charge in [0.05, 0.1) is 20.8 Å². The van der Waals surface area contributed by atoms with Crippen LogP contribution >= 0.6 is 0 Å². The lowest BCUT2D eigenvalue weighted by Crippen LogP contribution is -2.43. The molecule has 132 valence electrons. The maximum Gasteiger partial charge on any atom is 0.317 e. The molecule has 1 heterocycles. The summed E-state index contributed by atoms with van der Waals surface area (Å²) < 4.78 is 16.0. The summed E-state index contributed by atoms with van der Waals surface area (Å²) in [6.07, 6.45) is 3.25. The second-order valence-corrected chi connectivity index (χ2v) is 6.45. The predicted octanol–water partition coefficient (Wildman–Crippen LogP) is 2.41. The van der Waals surface area contributed by atoms with Gasteiger partial charge in [-0.2, -0.15) is 0 Å². The van der Waals surface area contributed by atoms with Gasteiger partial charge in [0.1, 0.15) is 11.5 Å². The van der Waals surface area contributed by atoms with E-state index in [1.165, 1.54) is 0 Å². The molecule has 6 heteroatoms. The molecule has 0 bridgehead atoms. The van der Waals surface area contributed by atoms with Gasteiger partial charge in [0.25, 0.3) is 0 Å². The minimum absolute atomic E-state index is 0.00210. The van der Waals surface area contributed by atoms with E-state index in [1.807, 2.05) is 23.1 Å². The Balaban J connectivity index is 1.59. The molecular weight excluding hydrogens is 308 g/mol. The molecule has 2 aliphatic rings. The number of hydrogen-bond donors (Lipinski definition) is 1. The summed E-state index contributed by atoms with van der Waals surface area (Å²) in [5, 5.41) is 3.03. The van der Waals surface area contributed by atoms with E-state index in [9.17, 15) is 4.79 Å². The third kappa shape index (κ3) is 4.12. The van der Waals surface area contributed by atoms with Gasteiger partial charge in [-0.3, -0.25) is 0 Å². The van der Waals surface area contributed by atoms with Gasteiger partial charge in [-0.05, 0) is 31.4 Å². The first kappa shape index (κ1) is 16.9. The molecule has 1 saturated heterocycles. The Labute approximate surface area is 143 Å². The predicted molar refractivity (Wildman–Crippen MR) is 90.4 cm³/mol. The number of urea groups is 1. The van der Waals surface area contributed by atoms with Gasteiger partial charge in [-0.25, -0.2) is 4.79 Å². The number of benzene rings is 1. The first-order chi connectivity index (χ1) is 11.7. The van der Waals surface area contributed by atoms with Crippen LogP contribution in [0.4, 0.5) is 4.79 Å². The SMILES string of the molecule is COc1ccc(CNC(=O)N(CC2CCOC2)C2CC2)c(OC)c1. The molecule has 1 N–H and O–H groups in total. The Morgan fingerprint density at radius 3 is 2.75 bits per heavy atom. The minimum atomic E-state index is 0.00210. The number of methoxy groups -OCH3 is 2. The molecule has 24 heavy (non-hydrogen) atoms. The van der Waals surface area contributed by atoms with E-state index in [4.69, 9.17) is 14.2 Å². The molecule has 0 radical (unpaired) electrons. The summed E-state index contributed by atoms with van der Waals surface area (Å²) in [6.45, 7) is 2.81. The molecule has 1 aromatic carbocycles. The number of nitrogens with zero attached hydrogens (tertiary/aromatic N) is 1. The Kier molecular flexibility index (Phi) is 5.45. The van der Waals surface area contributed by atoms with E-state index in [-0.39, 0.29) is 6.03 Å². The zero-order chi connectivity index (χ0) is 16.9. The standard InChI is InChI=1S/C18H26N2O4/c1-22-16-6-3-14(17(9-16)23-2)10-19-18(21)20(15-4-5-15)11-13-7-8-24-12-13/h3,6,9,13,15H,4-5,7-8,10-12H2,1-2H3,(H,19,21). The van der Waals surface area contributed by atoms with Crippen LogP contribution in [0.2, 0.25) is 0 Å². The van der Waals surface area contributed by atoms with Crippen LogP contribution in [0.25, 0.3) is 0 Å². The summed E-state index contributed by atoms with van der Waals surface area (Å²) in [7, 11) is 3.24. The summed E-state index contributed by atoms with van der Waals surface area (Å²) in [6, 6.07) is 6.02. The first-order valence-electron chi connectivity index (χ1n) is 8.54. The fraction of sp³-hybridized carbons (Fsp3) is 0.611. The molecule has 1 atom stereocenters. The van der Waals surface area contributed by atoms with Crippen LogP contribution in [0.1, 0.15) is 24.8 Å². The molecule has 1 aromatic rings. The topological polar surface area (TPSA) is 60.0 Å². The maximum atomic E-state index is 12.6. The lowest BCUT2D eigenvalue weighted by molar-refractivity contribution is 0.162. The highest BCUT2D eigenvalue weighted by Gasteiger charge is 2.34. The van der Waals surface area contributed by atoms with E-state index in [0.717, 1.165) is 56.1 Å². The smallest absolute Gasteiger partial charge is 0.317 e. The molecule has 0 spiro atoms. The number of ether oxygens (including phenoxy) is 3. The highest BCUT2D eigenvalue weighted by Crippen LogP contribution is 2.29. The van der Waals surface area contributed by atoms with Crippen LogP contribution in [0.5, 0.6) is 11.5 Å². The van der Waals surface area contributed by atoms with E-state index in [2.05, 4.69) is 5.32 Å². The van der Waals surface area contributed by atoms with Gasteiger partial charge < -0.3 is 24.4 Å². The number of nitrogens with one attached hydrogen (secondary N) is 1. The summed E-state index contributed by atoms with van der Waals surface area (Å²) >= 11 is 0. The molecule has 6 nitrogen and oxygen atoms in total. The quantitative estimate of drug-likeness (QED) is 0.832. The van der Waals surface area contributed by atoms with Crippen molar-refractivity contribution in [2.24, 2.45) is 5.92 Å². The van der Waals surface area contributed by atoms with Crippen molar-refractivity contribution in [1.82, 2.24) is 10.2 Å². The Morgan fingerprint density at radius 1 is 1.29 bits per heavy atom. The van der Waals surface area contributed by atoms with Crippen molar-refractivity contribution in [2.75, 3.05) is 34.0 Å². The second kappa shape index (κ2) is 7.75. The van der Waals surface area contributed by atoms with Crippen molar-refractivity contribution in [1.29, 1.82) is 0 Å². The van der Waals surface area contributed by atoms with Crippen LogP contribution in [0.15, 0.2) is 18.2 Å². The van der Waals surface area contributed by atoms with Crippen molar-refractivity contribution in [3.05, 3.63) is 23.8 Å². The molecule has 1 aliphatic heterocycles. The highest BCUT2D eigenvalue weighted by molar-refractivity contribution is 5.75. The molecule has 2 amide bonds. The van der Waals surface area contributed by atoms with Crippen LogP contribution in [-0.4, -0.2) is 51.0 Å². The highest BCUT2D eigenvalue weighted by atomic mass is 16.5. The molecule has 0 aromatic heterocycles. The number of amides is 2. The molecule has 1 saturated carbocycles. The summed E-state index contributed by atoms with van der Waals surface area (Å²) in [4.78, 5) is 14.6. The van der Waals surface area contributed by atoms with Crippen LogP contribution in [0.3, 0.4) is 0 Å². The minimum Gasteiger partial charge on any atom is -0.497 e. The molecular formula is C18H26N2O4. The lowest BCUT2D eigenvalue weighted by Gasteiger charge is -2.25. The second-order valence-electron chi connectivity index (χ2n) is 6.45. The lowest BCUT2D eigenvalue weighted by atomic mass is 10.1. The molecule has 2 fully saturated rings. The van der Waals surface area contributed by atoms with E-state index >= 15 is 0 Å². The van der Waals surface area contributed by atoms with E-state index < -0.39 is 0 Å². The van der Waals surface area contributed by atoms with Gasteiger partial charge >= 0.3 is 6.03 Å². The Bertz CT molecular complexity index is 568. The zero-order valence-electron chi connectivity index (χ0n) is 14.4. The monoisotopic (exact) mass is 334 g/mol. The molecule has 3 rings (SSSR count). The van der Waals surface area contributed by atoms with E-state index in [1.54, 1.807) is 14.2 Å². The van der Waals surface area contributed by atoms with E-state index in [0.29, 0.717) is 18.5 Å².